The number of amides is 2. The lowest BCUT2D eigenvalue weighted by atomic mass is 10.1. The Bertz CT molecular complexity index is 825. The zero-order valence-corrected chi connectivity index (χ0v) is 16.1. The second kappa shape index (κ2) is 8.42. The monoisotopic (exact) mass is 378 g/mol. The quantitative estimate of drug-likeness (QED) is 0.824. The van der Waals surface area contributed by atoms with Gasteiger partial charge in [0.1, 0.15) is 0 Å². The van der Waals surface area contributed by atoms with Crippen molar-refractivity contribution in [3.63, 3.8) is 0 Å². The number of benzene rings is 1. The number of likely N-dealkylation sites (tertiary alicyclic amines) is 1. The first-order valence-corrected chi connectivity index (χ1v) is 10.1. The van der Waals surface area contributed by atoms with Crippen LogP contribution in [0.3, 0.4) is 0 Å². The van der Waals surface area contributed by atoms with Gasteiger partial charge in [0.2, 0.25) is 0 Å². The van der Waals surface area contributed by atoms with E-state index in [0.717, 1.165) is 39.0 Å². The molecule has 2 amide bonds. The Morgan fingerprint density at radius 2 is 1.29 bits per heavy atom. The van der Waals surface area contributed by atoms with Crippen molar-refractivity contribution in [1.29, 1.82) is 0 Å². The highest BCUT2D eigenvalue weighted by molar-refractivity contribution is 5.99. The summed E-state index contributed by atoms with van der Waals surface area (Å²) in [5, 5.41) is 0. The van der Waals surface area contributed by atoms with Crippen LogP contribution in [0.4, 0.5) is 5.69 Å². The molecule has 0 radical (unpaired) electrons. The predicted molar refractivity (Wildman–Crippen MR) is 109 cm³/mol. The van der Waals surface area contributed by atoms with Gasteiger partial charge < -0.3 is 14.7 Å². The second-order valence-corrected chi connectivity index (χ2v) is 7.43. The van der Waals surface area contributed by atoms with E-state index in [1.54, 1.807) is 18.5 Å². The van der Waals surface area contributed by atoms with Crippen LogP contribution in [0, 0.1) is 0 Å². The van der Waals surface area contributed by atoms with Crippen LogP contribution in [-0.2, 0) is 0 Å². The Kier molecular flexibility index (Phi) is 5.55. The van der Waals surface area contributed by atoms with Crippen molar-refractivity contribution in [2.24, 2.45) is 0 Å². The van der Waals surface area contributed by atoms with Gasteiger partial charge in [-0.05, 0) is 37.5 Å². The Morgan fingerprint density at radius 3 is 1.89 bits per heavy atom. The van der Waals surface area contributed by atoms with Gasteiger partial charge in [-0.3, -0.25) is 14.6 Å². The van der Waals surface area contributed by atoms with Crippen LogP contribution in [0.5, 0.6) is 0 Å². The number of hydrogen-bond donors (Lipinski definition) is 0. The molecule has 0 unspecified atom stereocenters. The molecule has 0 spiro atoms. The van der Waals surface area contributed by atoms with Crippen molar-refractivity contribution in [2.75, 3.05) is 44.2 Å². The van der Waals surface area contributed by atoms with Gasteiger partial charge in [0.05, 0.1) is 11.1 Å². The van der Waals surface area contributed by atoms with E-state index >= 15 is 0 Å². The molecule has 2 fully saturated rings. The van der Waals surface area contributed by atoms with Gasteiger partial charge >= 0.3 is 0 Å². The molecule has 1 aromatic carbocycles. The minimum Gasteiger partial charge on any atom is -0.368 e. The Hall–Kier alpha value is -2.89. The maximum absolute atomic E-state index is 12.9. The van der Waals surface area contributed by atoms with Gasteiger partial charge in [0.25, 0.3) is 11.8 Å². The third kappa shape index (κ3) is 4.01. The van der Waals surface area contributed by atoms with E-state index in [1.165, 1.54) is 12.1 Å². The van der Waals surface area contributed by atoms with E-state index in [0.29, 0.717) is 24.2 Å². The molecule has 0 aliphatic carbocycles. The first-order valence-electron chi connectivity index (χ1n) is 10.1. The second-order valence-electron chi connectivity index (χ2n) is 7.43. The zero-order chi connectivity index (χ0) is 19.3. The Labute approximate surface area is 165 Å². The zero-order valence-electron chi connectivity index (χ0n) is 16.1. The molecule has 0 N–H and O–H groups in total. The van der Waals surface area contributed by atoms with Crippen LogP contribution in [-0.4, -0.2) is 65.9 Å². The fraction of sp³-hybridized carbons (Fsp3) is 0.409. The first-order chi connectivity index (χ1) is 13.7. The number of nitrogens with zero attached hydrogens (tertiary/aromatic N) is 4. The van der Waals surface area contributed by atoms with Gasteiger partial charge in [-0.1, -0.05) is 18.2 Å². The topological polar surface area (TPSA) is 56.8 Å². The fourth-order valence-electron chi connectivity index (χ4n) is 3.94. The molecule has 2 aliphatic rings. The minimum absolute atomic E-state index is 0.0178. The van der Waals surface area contributed by atoms with Gasteiger partial charge in [-0.25, -0.2) is 0 Å². The molecule has 1 aromatic heterocycles. The molecule has 146 valence electrons. The summed E-state index contributed by atoms with van der Waals surface area (Å²) in [4.78, 5) is 35.8. The number of hydrogen-bond acceptors (Lipinski definition) is 4. The summed E-state index contributed by atoms with van der Waals surface area (Å²) in [6.07, 6.45) is 6.41. The third-order valence-corrected chi connectivity index (χ3v) is 5.56. The van der Waals surface area contributed by atoms with Gasteiger partial charge in [0.15, 0.2) is 0 Å². The van der Waals surface area contributed by atoms with Crippen LogP contribution in [0.25, 0.3) is 0 Å². The largest absolute Gasteiger partial charge is 0.368 e. The smallest absolute Gasteiger partial charge is 0.255 e. The first kappa shape index (κ1) is 18.5. The van der Waals surface area contributed by atoms with E-state index in [1.807, 2.05) is 28.0 Å². The van der Waals surface area contributed by atoms with Crippen molar-refractivity contribution in [3.05, 3.63) is 59.9 Å². The average molecular weight is 378 g/mol. The molecule has 2 aromatic rings. The third-order valence-electron chi connectivity index (χ3n) is 5.56. The molecule has 4 rings (SSSR count). The van der Waals surface area contributed by atoms with Crippen molar-refractivity contribution >= 4 is 17.5 Å². The van der Waals surface area contributed by atoms with Gasteiger partial charge in [-0.15, -0.1) is 0 Å². The lowest BCUT2D eigenvalue weighted by Crippen LogP contribution is -2.48. The summed E-state index contributed by atoms with van der Waals surface area (Å²) < 4.78 is 0. The van der Waals surface area contributed by atoms with E-state index in [9.17, 15) is 9.59 Å². The molecule has 2 aliphatic heterocycles. The molecule has 0 atom stereocenters. The van der Waals surface area contributed by atoms with Crippen LogP contribution >= 0.6 is 0 Å². The number of anilines is 1. The summed E-state index contributed by atoms with van der Waals surface area (Å²) >= 11 is 0. The number of pyridine rings is 1. The number of piperidine rings is 1. The Morgan fingerprint density at radius 1 is 0.714 bits per heavy atom. The van der Waals surface area contributed by atoms with Crippen molar-refractivity contribution in [2.45, 2.75) is 19.3 Å². The number of piperazine rings is 1. The number of carbonyl (C=O) groups excluding carboxylic acids is 2. The molecule has 2 saturated heterocycles. The summed E-state index contributed by atoms with van der Waals surface area (Å²) in [6, 6.07) is 12.0. The summed E-state index contributed by atoms with van der Waals surface area (Å²) in [7, 11) is 0. The molecular weight excluding hydrogens is 352 g/mol. The van der Waals surface area contributed by atoms with E-state index in [4.69, 9.17) is 0 Å². The fourth-order valence-corrected chi connectivity index (χ4v) is 3.94. The maximum Gasteiger partial charge on any atom is 0.255 e. The predicted octanol–water partition coefficient (Wildman–Crippen LogP) is 2.67. The minimum atomic E-state index is -0.0477. The number of carbonyl (C=O) groups is 2. The van der Waals surface area contributed by atoms with Gasteiger partial charge in [-0.2, -0.15) is 0 Å². The molecule has 28 heavy (non-hydrogen) atoms. The molecule has 0 saturated carbocycles. The highest BCUT2D eigenvalue weighted by Gasteiger charge is 2.24. The number of para-hydroxylation sites is 1. The summed E-state index contributed by atoms with van der Waals surface area (Å²) in [5.41, 5.74) is 2.19. The van der Waals surface area contributed by atoms with Crippen LogP contribution in [0.15, 0.2) is 48.8 Å². The van der Waals surface area contributed by atoms with Crippen LogP contribution in [0.1, 0.15) is 40.0 Å². The molecule has 6 heteroatoms. The van der Waals surface area contributed by atoms with E-state index in [-0.39, 0.29) is 11.8 Å². The molecule has 3 heterocycles. The summed E-state index contributed by atoms with van der Waals surface area (Å²) in [6.45, 7) is 4.51. The number of aromatic nitrogens is 1. The molecule has 6 nitrogen and oxygen atoms in total. The van der Waals surface area contributed by atoms with Crippen molar-refractivity contribution in [1.82, 2.24) is 14.8 Å². The normalized spacial score (nSPS) is 17.5. The standard InChI is InChI=1S/C22H26N4O2/c27-21(25-9-5-2-6-10-25)18-15-19(17-23-16-18)22(28)26-13-11-24(12-14-26)20-7-3-1-4-8-20/h1,3-4,7-8,15-17H,2,5-6,9-14H2. The lowest BCUT2D eigenvalue weighted by molar-refractivity contribution is 0.0723. The number of rotatable bonds is 3. The maximum atomic E-state index is 12.9. The van der Waals surface area contributed by atoms with Crippen molar-refractivity contribution in [3.8, 4) is 0 Å². The van der Waals surface area contributed by atoms with Crippen LogP contribution < -0.4 is 4.90 Å². The van der Waals surface area contributed by atoms with E-state index in [2.05, 4.69) is 22.0 Å². The highest BCUT2D eigenvalue weighted by Crippen LogP contribution is 2.18. The van der Waals surface area contributed by atoms with Crippen LogP contribution in [0.2, 0.25) is 0 Å². The molecule has 0 bridgehead atoms. The average Bonchev–Trinajstić information content (AvgIpc) is 2.79. The van der Waals surface area contributed by atoms with Gasteiger partial charge in [0, 0.05) is 57.3 Å². The highest BCUT2D eigenvalue weighted by atomic mass is 16.2. The lowest BCUT2D eigenvalue weighted by Gasteiger charge is -2.36. The van der Waals surface area contributed by atoms with Crippen molar-refractivity contribution < 1.29 is 9.59 Å². The SMILES string of the molecule is O=C(c1cncc(C(=O)N2CCN(c3ccccc3)CC2)c1)N1CCCCC1. The Balaban J connectivity index is 1.40. The van der Waals surface area contributed by atoms with E-state index < -0.39 is 0 Å². The molecular formula is C22H26N4O2. The summed E-state index contributed by atoms with van der Waals surface area (Å²) in [5.74, 6) is -0.0655.